The Labute approximate surface area is 166 Å². The number of nitrogens with zero attached hydrogens (tertiary/aromatic N) is 2. The maximum atomic E-state index is 12.3. The van der Waals surface area contributed by atoms with Gasteiger partial charge in [-0.1, -0.05) is 50.0 Å². The third-order valence-electron chi connectivity index (χ3n) is 3.88. The summed E-state index contributed by atoms with van der Waals surface area (Å²) < 4.78 is 17.5. The van der Waals surface area contributed by atoms with Crippen LogP contribution < -0.4 is 0 Å². The van der Waals surface area contributed by atoms with Crippen molar-refractivity contribution in [1.82, 2.24) is 9.55 Å². The van der Waals surface area contributed by atoms with E-state index in [1.165, 1.54) is 10.8 Å². The van der Waals surface area contributed by atoms with E-state index in [1.54, 1.807) is 6.92 Å². The lowest BCUT2D eigenvalue weighted by Gasteiger charge is -2.15. The van der Waals surface area contributed by atoms with E-state index >= 15 is 0 Å². The van der Waals surface area contributed by atoms with Gasteiger partial charge in [0.05, 0.1) is 6.61 Å². The number of ether oxygens (including phenoxy) is 3. The third kappa shape index (κ3) is 6.93. The summed E-state index contributed by atoms with van der Waals surface area (Å²) in [6.07, 6.45) is 1.47. The topological polar surface area (TPSA) is 79.6 Å². The molecule has 0 aliphatic rings. The lowest BCUT2D eigenvalue weighted by molar-refractivity contribution is 0.0461. The maximum Gasteiger partial charge on any atom is 0.374 e. The fourth-order valence-electron chi connectivity index (χ4n) is 2.31. The number of imidazole rings is 1. The van der Waals surface area contributed by atoms with Crippen LogP contribution in [0.1, 0.15) is 33.6 Å². The van der Waals surface area contributed by atoms with Gasteiger partial charge >= 0.3 is 11.9 Å². The molecule has 0 saturated heterocycles. The molecule has 2 rings (SSSR count). The molecule has 2 aromatic rings. The molecular formula is C20H28N2O5Si. The van der Waals surface area contributed by atoms with Gasteiger partial charge in [-0.15, -0.1) is 0 Å². The molecule has 0 aliphatic heterocycles. The third-order valence-corrected chi connectivity index (χ3v) is 5.59. The molecule has 0 amide bonds. The van der Waals surface area contributed by atoms with Gasteiger partial charge in [0.1, 0.15) is 13.3 Å². The molecule has 1 heterocycles. The van der Waals surface area contributed by atoms with Crippen molar-refractivity contribution in [2.24, 2.45) is 0 Å². The molecule has 0 atom stereocenters. The van der Waals surface area contributed by atoms with Crippen molar-refractivity contribution in [1.29, 1.82) is 0 Å². The zero-order valence-electron chi connectivity index (χ0n) is 16.9. The van der Waals surface area contributed by atoms with Gasteiger partial charge in [-0.25, -0.2) is 14.6 Å². The number of esters is 2. The van der Waals surface area contributed by atoms with Gasteiger partial charge in [-0.05, 0) is 18.5 Å². The Balaban J connectivity index is 2.05. The number of carbonyl (C=O) groups is 2. The Kier molecular flexibility index (Phi) is 7.95. The average molecular weight is 405 g/mol. The highest BCUT2D eigenvalue weighted by Crippen LogP contribution is 2.11. The van der Waals surface area contributed by atoms with E-state index in [0.717, 1.165) is 11.6 Å². The quantitative estimate of drug-likeness (QED) is 0.341. The molecular weight excluding hydrogens is 376 g/mol. The number of aromatic nitrogens is 2. The van der Waals surface area contributed by atoms with Crippen LogP contribution in [0.2, 0.25) is 25.7 Å². The zero-order chi connectivity index (χ0) is 20.6. The first-order valence-electron chi connectivity index (χ1n) is 9.33. The largest absolute Gasteiger partial charge is 0.460 e. The molecule has 0 unspecified atom stereocenters. The molecule has 0 fully saturated rings. The molecule has 28 heavy (non-hydrogen) atoms. The second-order valence-corrected chi connectivity index (χ2v) is 13.2. The van der Waals surface area contributed by atoms with E-state index in [-0.39, 0.29) is 31.5 Å². The monoisotopic (exact) mass is 404 g/mol. The van der Waals surface area contributed by atoms with Crippen molar-refractivity contribution in [3.8, 4) is 0 Å². The Morgan fingerprint density at radius 2 is 1.79 bits per heavy atom. The SMILES string of the molecule is CCOC(=O)c1nc(C(=O)OCc2ccccc2)cn1COCC[Si](C)(C)C. The fourth-order valence-corrected chi connectivity index (χ4v) is 3.07. The molecule has 0 N–H and O–H groups in total. The summed E-state index contributed by atoms with van der Waals surface area (Å²) >= 11 is 0. The summed E-state index contributed by atoms with van der Waals surface area (Å²) in [4.78, 5) is 28.6. The van der Waals surface area contributed by atoms with E-state index in [4.69, 9.17) is 14.2 Å². The van der Waals surface area contributed by atoms with Crippen LogP contribution in [0.4, 0.5) is 0 Å². The molecule has 8 heteroatoms. The van der Waals surface area contributed by atoms with Crippen LogP contribution in [-0.2, 0) is 27.5 Å². The van der Waals surface area contributed by atoms with Crippen molar-refractivity contribution < 1.29 is 23.8 Å². The standard InChI is InChI=1S/C20H28N2O5Si/c1-5-26-20(24)18-21-17(13-22(18)15-25-11-12-28(2,3)4)19(23)27-14-16-9-7-6-8-10-16/h6-10,13H,5,11-12,14-15H2,1-4H3. The Hall–Kier alpha value is -2.45. The Bertz CT molecular complexity index is 784. The highest BCUT2D eigenvalue weighted by Gasteiger charge is 2.22. The minimum Gasteiger partial charge on any atom is -0.460 e. The van der Waals surface area contributed by atoms with E-state index in [9.17, 15) is 9.59 Å². The summed E-state index contributed by atoms with van der Waals surface area (Å²) in [7, 11) is -1.21. The number of rotatable bonds is 10. The molecule has 0 saturated carbocycles. The first-order chi connectivity index (χ1) is 13.3. The van der Waals surface area contributed by atoms with E-state index < -0.39 is 20.0 Å². The van der Waals surface area contributed by atoms with Crippen LogP contribution in [0, 0.1) is 0 Å². The first-order valence-corrected chi connectivity index (χ1v) is 13.0. The van der Waals surface area contributed by atoms with E-state index in [0.29, 0.717) is 6.61 Å². The van der Waals surface area contributed by atoms with Crippen LogP contribution >= 0.6 is 0 Å². The highest BCUT2D eigenvalue weighted by atomic mass is 28.3. The van der Waals surface area contributed by atoms with Gasteiger partial charge in [0.15, 0.2) is 5.69 Å². The summed E-state index contributed by atoms with van der Waals surface area (Å²) in [6, 6.07) is 10.4. The van der Waals surface area contributed by atoms with Crippen LogP contribution in [0.5, 0.6) is 0 Å². The normalized spacial score (nSPS) is 11.3. The fraction of sp³-hybridized carbons (Fsp3) is 0.450. The highest BCUT2D eigenvalue weighted by molar-refractivity contribution is 6.76. The Morgan fingerprint density at radius 1 is 1.07 bits per heavy atom. The predicted octanol–water partition coefficient (Wildman–Crippen LogP) is 3.73. The van der Waals surface area contributed by atoms with Crippen LogP contribution in [-0.4, -0.2) is 42.8 Å². The number of hydrogen-bond donors (Lipinski definition) is 0. The van der Waals surface area contributed by atoms with Crippen LogP contribution in [0.25, 0.3) is 0 Å². The average Bonchev–Trinajstić information content (AvgIpc) is 3.08. The van der Waals surface area contributed by atoms with E-state index in [2.05, 4.69) is 24.6 Å². The van der Waals surface area contributed by atoms with Crippen LogP contribution in [0.3, 0.4) is 0 Å². The molecule has 0 spiro atoms. The maximum absolute atomic E-state index is 12.3. The summed E-state index contributed by atoms with van der Waals surface area (Å²) in [5.74, 6) is -1.17. The summed E-state index contributed by atoms with van der Waals surface area (Å²) in [5, 5.41) is 0. The lowest BCUT2D eigenvalue weighted by atomic mass is 10.2. The summed E-state index contributed by atoms with van der Waals surface area (Å²) in [5.41, 5.74) is 0.920. The smallest absolute Gasteiger partial charge is 0.374 e. The van der Waals surface area contributed by atoms with Crippen molar-refractivity contribution in [3.05, 3.63) is 53.6 Å². The molecule has 0 bridgehead atoms. The predicted molar refractivity (Wildman–Crippen MR) is 108 cm³/mol. The van der Waals surface area contributed by atoms with Gasteiger partial charge in [0, 0.05) is 20.9 Å². The minimum absolute atomic E-state index is 0.0292. The van der Waals surface area contributed by atoms with E-state index in [1.807, 2.05) is 30.3 Å². The molecule has 152 valence electrons. The van der Waals surface area contributed by atoms with Gasteiger partial charge in [0.2, 0.25) is 5.82 Å². The number of hydrogen-bond acceptors (Lipinski definition) is 6. The van der Waals surface area contributed by atoms with Gasteiger partial charge in [-0.2, -0.15) is 0 Å². The molecule has 0 aliphatic carbocycles. The zero-order valence-corrected chi connectivity index (χ0v) is 17.9. The molecule has 0 radical (unpaired) electrons. The summed E-state index contributed by atoms with van der Waals surface area (Å²) in [6.45, 7) is 9.56. The van der Waals surface area contributed by atoms with Gasteiger partial charge < -0.3 is 18.8 Å². The lowest BCUT2D eigenvalue weighted by Crippen LogP contribution is -2.22. The Morgan fingerprint density at radius 3 is 2.43 bits per heavy atom. The second kappa shape index (κ2) is 10.2. The van der Waals surface area contributed by atoms with Crippen LogP contribution in [0.15, 0.2) is 36.5 Å². The van der Waals surface area contributed by atoms with Crippen molar-refractivity contribution in [2.75, 3.05) is 13.2 Å². The van der Waals surface area contributed by atoms with Crippen molar-refractivity contribution >= 4 is 20.0 Å². The number of carbonyl (C=O) groups excluding carboxylic acids is 2. The molecule has 1 aromatic carbocycles. The molecule has 7 nitrogen and oxygen atoms in total. The minimum atomic E-state index is -1.21. The van der Waals surface area contributed by atoms with Gasteiger partial charge in [-0.3, -0.25) is 0 Å². The molecule has 1 aromatic heterocycles. The second-order valence-electron chi connectivity index (χ2n) is 7.55. The van der Waals surface area contributed by atoms with Crippen molar-refractivity contribution in [2.45, 2.75) is 45.9 Å². The van der Waals surface area contributed by atoms with Crippen molar-refractivity contribution in [3.63, 3.8) is 0 Å². The number of benzene rings is 1. The van der Waals surface area contributed by atoms with Gasteiger partial charge in [0.25, 0.3) is 0 Å². The first kappa shape index (κ1) is 21.8.